The number of hydrogen-bond donors (Lipinski definition) is 0. The molecule has 1 aliphatic carbocycles. The third-order valence-corrected chi connectivity index (χ3v) is 6.09. The molecule has 4 nitrogen and oxygen atoms in total. The standard InChI is InChI=1S/C15H29O4P/c1-3-5-12-18-20(17,19-13-6-4-2)15-11-9-7-8-10-14(15)16/h15H,3-13H2,1-2H3. The minimum atomic E-state index is -3.29. The molecule has 1 rings (SSSR count). The Morgan fingerprint density at radius 1 is 1.05 bits per heavy atom. The first kappa shape index (κ1) is 17.9. The van der Waals surface area contributed by atoms with Gasteiger partial charge in [-0.15, -0.1) is 0 Å². The number of hydrogen-bond acceptors (Lipinski definition) is 4. The van der Waals surface area contributed by atoms with Gasteiger partial charge < -0.3 is 9.05 Å². The Hall–Kier alpha value is -0.180. The Bertz CT molecular complexity index is 316. The zero-order valence-electron chi connectivity index (χ0n) is 12.9. The molecular formula is C15H29O4P. The number of carbonyl (C=O) groups excluding carboxylic acids is 1. The van der Waals surface area contributed by atoms with Crippen molar-refractivity contribution >= 4 is 13.4 Å². The molecule has 5 heteroatoms. The third kappa shape index (κ3) is 5.67. The zero-order valence-corrected chi connectivity index (χ0v) is 13.8. The highest BCUT2D eigenvalue weighted by molar-refractivity contribution is 7.55. The van der Waals surface area contributed by atoms with Crippen LogP contribution in [-0.4, -0.2) is 24.7 Å². The van der Waals surface area contributed by atoms with Crippen LogP contribution in [0.15, 0.2) is 0 Å². The first-order chi connectivity index (χ1) is 9.64. The average molecular weight is 304 g/mol. The minimum absolute atomic E-state index is 0.0684. The van der Waals surface area contributed by atoms with E-state index in [0.29, 0.717) is 26.1 Å². The minimum Gasteiger partial charge on any atom is -0.308 e. The number of Topliss-reactive ketones (excluding diaryl/α,β-unsaturated/α-hetero) is 1. The van der Waals surface area contributed by atoms with E-state index >= 15 is 0 Å². The van der Waals surface area contributed by atoms with Crippen LogP contribution in [0.4, 0.5) is 0 Å². The Morgan fingerprint density at radius 2 is 1.65 bits per heavy atom. The number of rotatable bonds is 9. The van der Waals surface area contributed by atoms with E-state index in [-0.39, 0.29) is 5.78 Å². The molecule has 118 valence electrons. The van der Waals surface area contributed by atoms with Crippen LogP contribution in [-0.2, 0) is 18.4 Å². The lowest BCUT2D eigenvalue weighted by Gasteiger charge is -2.25. The second-order valence-electron chi connectivity index (χ2n) is 5.49. The van der Waals surface area contributed by atoms with Crippen LogP contribution in [0.5, 0.6) is 0 Å². The highest BCUT2D eigenvalue weighted by atomic mass is 31.2. The molecule has 1 saturated carbocycles. The monoisotopic (exact) mass is 304 g/mol. The van der Waals surface area contributed by atoms with Crippen molar-refractivity contribution in [2.45, 2.75) is 77.3 Å². The largest absolute Gasteiger partial charge is 0.341 e. The van der Waals surface area contributed by atoms with Gasteiger partial charge in [0, 0.05) is 6.42 Å². The Morgan fingerprint density at radius 3 is 2.20 bits per heavy atom. The first-order valence-corrected chi connectivity index (χ1v) is 9.66. The summed E-state index contributed by atoms with van der Waals surface area (Å²) in [7, 11) is -3.29. The van der Waals surface area contributed by atoms with Crippen LogP contribution in [0.3, 0.4) is 0 Å². The van der Waals surface area contributed by atoms with Crippen LogP contribution in [0.25, 0.3) is 0 Å². The Labute approximate surface area is 123 Å². The van der Waals surface area contributed by atoms with Gasteiger partial charge in [-0.3, -0.25) is 9.36 Å². The molecule has 0 amide bonds. The third-order valence-electron chi connectivity index (χ3n) is 3.69. The lowest BCUT2D eigenvalue weighted by atomic mass is 10.2. The zero-order chi connectivity index (χ0) is 14.8. The molecule has 1 atom stereocenters. The van der Waals surface area contributed by atoms with Crippen molar-refractivity contribution in [2.75, 3.05) is 13.2 Å². The normalized spacial score (nSPS) is 20.9. The summed E-state index contributed by atoms with van der Waals surface area (Å²) in [5.41, 5.74) is -0.529. The molecule has 20 heavy (non-hydrogen) atoms. The highest BCUT2D eigenvalue weighted by Crippen LogP contribution is 2.56. The summed E-state index contributed by atoms with van der Waals surface area (Å²) in [5, 5.41) is 0. The molecule has 0 heterocycles. The summed E-state index contributed by atoms with van der Waals surface area (Å²) in [6.45, 7) is 4.96. The lowest BCUT2D eigenvalue weighted by Crippen LogP contribution is -2.22. The smallest absolute Gasteiger partial charge is 0.308 e. The van der Waals surface area contributed by atoms with Crippen LogP contribution >= 0.6 is 7.60 Å². The molecule has 0 aromatic carbocycles. The van der Waals surface area contributed by atoms with E-state index in [1.54, 1.807) is 0 Å². The van der Waals surface area contributed by atoms with Crippen molar-refractivity contribution in [3.8, 4) is 0 Å². The van der Waals surface area contributed by atoms with Crippen molar-refractivity contribution in [3.63, 3.8) is 0 Å². The average Bonchev–Trinajstić information content (AvgIpc) is 2.64. The van der Waals surface area contributed by atoms with E-state index in [2.05, 4.69) is 13.8 Å². The maximum Gasteiger partial charge on any atom is 0.341 e. The Kier molecular flexibility index (Phi) is 8.67. The number of ketones is 1. The Balaban J connectivity index is 2.72. The molecule has 0 saturated heterocycles. The molecule has 0 radical (unpaired) electrons. The maximum absolute atomic E-state index is 13.0. The summed E-state index contributed by atoms with van der Waals surface area (Å²) in [6, 6.07) is 0. The molecule has 0 aromatic heterocycles. The summed E-state index contributed by atoms with van der Waals surface area (Å²) in [6.07, 6.45) is 7.70. The fourth-order valence-corrected chi connectivity index (χ4v) is 4.55. The van der Waals surface area contributed by atoms with Gasteiger partial charge in [0.1, 0.15) is 11.4 Å². The molecule has 0 N–H and O–H groups in total. The number of unbranched alkanes of at least 4 members (excludes halogenated alkanes) is 2. The van der Waals surface area contributed by atoms with Gasteiger partial charge in [-0.25, -0.2) is 0 Å². The van der Waals surface area contributed by atoms with Crippen LogP contribution in [0.2, 0.25) is 0 Å². The second-order valence-corrected chi connectivity index (χ2v) is 7.71. The summed E-state index contributed by atoms with van der Waals surface area (Å²) in [5.74, 6) is 0.0684. The SMILES string of the molecule is CCCCOP(=O)(OCCCC)C1CCCCCC1=O. The highest BCUT2D eigenvalue weighted by Gasteiger charge is 2.41. The molecular weight excluding hydrogens is 275 g/mol. The van der Waals surface area contributed by atoms with Crippen LogP contribution in [0, 0.1) is 0 Å². The molecule has 0 spiro atoms. The van der Waals surface area contributed by atoms with E-state index in [9.17, 15) is 9.36 Å². The van der Waals surface area contributed by atoms with Gasteiger partial charge in [0.25, 0.3) is 0 Å². The first-order valence-electron chi connectivity index (χ1n) is 8.05. The quantitative estimate of drug-likeness (QED) is 0.351. The molecule has 1 aliphatic rings. The van der Waals surface area contributed by atoms with E-state index < -0.39 is 13.3 Å². The molecule has 0 bridgehead atoms. The van der Waals surface area contributed by atoms with Gasteiger partial charge >= 0.3 is 7.60 Å². The van der Waals surface area contributed by atoms with Gasteiger partial charge in [0.2, 0.25) is 0 Å². The van der Waals surface area contributed by atoms with Gasteiger partial charge in [-0.1, -0.05) is 39.5 Å². The summed E-state index contributed by atoms with van der Waals surface area (Å²) < 4.78 is 24.2. The second kappa shape index (κ2) is 9.70. The van der Waals surface area contributed by atoms with Crippen LogP contribution < -0.4 is 0 Å². The molecule has 1 fully saturated rings. The van der Waals surface area contributed by atoms with Crippen molar-refractivity contribution < 1.29 is 18.4 Å². The van der Waals surface area contributed by atoms with Crippen molar-refractivity contribution in [3.05, 3.63) is 0 Å². The van der Waals surface area contributed by atoms with Gasteiger partial charge in [0.05, 0.1) is 13.2 Å². The maximum atomic E-state index is 13.0. The van der Waals surface area contributed by atoms with Gasteiger partial charge in [-0.2, -0.15) is 0 Å². The molecule has 0 aliphatic heterocycles. The molecule has 0 aromatic rings. The van der Waals surface area contributed by atoms with Crippen molar-refractivity contribution in [2.24, 2.45) is 0 Å². The van der Waals surface area contributed by atoms with Gasteiger partial charge in [-0.05, 0) is 25.7 Å². The van der Waals surface area contributed by atoms with Crippen molar-refractivity contribution in [1.82, 2.24) is 0 Å². The summed E-state index contributed by atoms with van der Waals surface area (Å²) in [4.78, 5) is 12.2. The number of carbonyl (C=O) groups is 1. The topological polar surface area (TPSA) is 52.6 Å². The lowest BCUT2D eigenvalue weighted by molar-refractivity contribution is -0.119. The molecule has 1 unspecified atom stereocenters. The fourth-order valence-electron chi connectivity index (χ4n) is 2.37. The van der Waals surface area contributed by atoms with Gasteiger partial charge in [0.15, 0.2) is 0 Å². The van der Waals surface area contributed by atoms with E-state index in [0.717, 1.165) is 44.9 Å². The van der Waals surface area contributed by atoms with E-state index in [1.807, 2.05) is 0 Å². The summed E-state index contributed by atoms with van der Waals surface area (Å²) >= 11 is 0. The fraction of sp³-hybridized carbons (Fsp3) is 0.933. The predicted octanol–water partition coefficient (Wildman–Crippen LogP) is 4.71. The van der Waals surface area contributed by atoms with Crippen LogP contribution in [0.1, 0.15) is 71.6 Å². The van der Waals surface area contributed by atoms with Crippen molar-refractivity contribution in [1.29, 1.82) is 0 Å². The van der Waals surface area contributed by atoms with E-state index in [4.69, 9.17) is 9.05 Å². The predicted molar refractivity (Wildman–Crippen MR) is 81.2 cm³/mol. The van der Waals surface area contributed by atoms with E-state index in [1.165, 1.54) is 0 Å².